The Morgan fingerprint density at radius 2 is 2.47 bits per heavy atom. The molecule has 2 heterocycles. The van der Waals surface area contributed by atoms with Gasteiger partial charge in [0.2, 0.25) is 11.0 Å². The fourth-order valence-corrected chi connectivity index (χ4v) is 1.44. The molecule has 0 fully saturated rings. The number of hydrogen-bond acceptors (Lipinski definition) is 3. The summed E-state index contributed by atoms with van der Waals surface area (Å²) in [5.74, 6) is -0.221. The Labute approximate surface area is 91.5 Å². The number of carbonyl (C=O) groups is 1. The van der Waals surface area contributed by atoms with Gasteiger partial charge < -0.3 is 8.98 Å². The normalized spacial score (nSPS) is 10.5. The number of furan rings is 1. The van der Waals surface area contributed by atoms with Gasteiger partial charge in [0.15, 0.2) is 0 Å². The van der Waals surface area contributed by atoms with Gasteiger partial charge in [-0.3, -0.25) is 4.79 Å². The third-order valence-electron chi connectivity index (χ3n) is 2.09. The van der Waals surface area contributed by atoms with E-state index in [0.717, 1.165) is 6.54 Å². The van der Waals surface area contributed by atoms with Crippen LogP contribution in [0.3, 0.4) is 0 Å². The summed E-state index contributed by atoms with van der Waals surface area (Å²) in [6, 6.07) is 1.54. The van der Waals surface area contributed by atoms with E-state index < -0.39 is 0 Å². The van der Waals surface area contributed by atoms with Crippen LogP contribution in [0.1, 0.15) is 23.0 Å². The molecule has 5 heteroatoms. The summed E-state index contributed by atoms with van der Waals surface area (Å²) in [5, 5.41) is 0.103. The van der Waals surface area contributed by atoms with Crippen LogP contribution < -0.4 is 0 Å². The number of ketones is 1. The number of rotatable bonds is 3. The standard InChI is InChI=1S/C10H9ClN2O2/c1-2-13-5-8(12-6-13)9(14)7-3-4-15-10(7)11/h3-6H,2H2,1H3. The molecule has 0 amide bonds. The van der Waals surface area contributed by atoms with Crippen LogP contribution in [0.25, 0.3) is 0 Å². The minimum absolute atomic E-state index is 0.103. The Kier molecular flexibility index (Phi) is 2.60. The topological polar surface area (TPSA) is 48.0 Å². The summed E-state index contributed by atoms with van der Waals surface area (Å²) >= 11 is 5.70. The van der Waals surface area contributed by atoms with Crippen molar-refractivity contribution in [1.82, 2.24) is 9.55 Å². The molecular formula is C10H9ClN2O2. The third kappa shape index (κ3) is 1.80. The SMILES string of the molecule is CCn1cnc(C(=O)c2ccoc2Cl)c1. The Morgan fingerprint density at radius 3 is 3.00 bits per heavy atom. The number of imidazole rings is 1. The van der Waals surface area contributed by atoms with E-state index in [1.54, 1.807) is 12.5 Å². The van der Waals surface area contributed by atoms with Gasteiger partial charge in [0.1, 0.15) is 5.69 Å². The Morgan fingerprint density at radius 1 is 1.67 bits per heavy atom. The molecule has 0 saturated heterocycles. The zero-order valence-corrected chi connectivity index (χ0v) is 8.86. The zero-order valence-electron chi connectivity index (χ0n) is 8.11. The van der Waals surface area contributed by atoms with Crippen LogP contribution in [0, 0.1) is 0 Å². The number of hydrogen-bond donors (Lipinski definition) is 0. The molecule has 0 aliphatic carbocycles. The largest absolute Gasteiger partial charge is 0.452 e. The van der Waals surface area contributed by atoms with Gasteiger partial charge in [-0.05, 0) is 24.6 Å². The molecule has 2 aromatic rings. The predicted octanol–water partition coefficient (Wildman–Crippen LogP) is 2.38. The summed E-state index contributed by atoms with van der Waals surface area (Å²) in [4.78, 5) is 15.8. The van der Waals surface area contributed by atoms with E-state index in [4.69, 9.17) is 16.0 Å². The van der Waals surface area contributed by atoms with E-state index in [-0.39, 0.29) is 11.0 Å². The lowest BCUT2D eigenvalue weighted by Gasteiger charge is -1.93. The molecule has 0 spiro atoms. The van der Waals surface area contributed by atoms with E-state index >= 15 is 0 Å². The van der Waals surface area contributed by atoms with Gasteiger partial charge in [-0.1, -0.05) is 0 Å². The molecule has 0 atom stereocenters. The monoisotopic (exact) mass is 224 g/mol. The highest BCUT2D eigenvalue weighted by atomic mass is 35.5. The number of aryl methyl sites for hydroxylation is 1. The molecule has 2 aromatic heterocycles. The van der Waals surface area contributed by atoms with Gasteiger partial charge >= 0.3 is 0 Å². The second-order valence-electron chi connectivity index (χ2n) is 3.03. The minimum atomic E-state index is -0.221. The van der Waals surface area contributed by atoms with Crippen molar-refractivity contribution in [3.8, 4) is 0 Å². The lowest BCUT2D eigenvalue weighted by molar-refractivity contribution is 0.103. The Bertz CT molecular complexity index is 487. The van der Waals surface area contributed by atoms with Crippen molar-refractivity contribution in [2.45, 2.75) is 13.5 Å². The van der Waals surface area contributed by atoms with E-state index in [9.17, 15) is 4.79 Å². The molecule has 0 aromatic carbocycles. The first-order valence-electron chi connectivity index (χ1n) is 4.52. The summed E-state index contributed by atoms with van der Waals surface area (Å²) in [7, 11) is 0. The van der Waals surface area contributed by atoms with E-state index in [2.05, 4.69) is 4.98 Å². The van der Waals surface area contributed by atoms with Gasteiger partial charge in [0, 0.05) is 12.7 Å². The van der Waals surface area contributed by atoms with Crippen LogP contribution >= 0.6 is 11.6 Å². The summed E-state index contributed by atoms with van der Waals surface area (Å²) in [6.45, 7) is 2.75. The first-order chi connectivity index (χ1) is 7.22. The predicted molar refractivity (Wildman–Crippen MR) is 55.1 cm³/mol. The second-order valence-corrected chi connectivity index (χ2v) is 3.37. The van der Waals surface area contributed by atoms with Gasteiger partial charge in [-0.2, -0.15) is 0 Å². The van der Waals surface area contributed by atoms with Crippen LogP contribution in [0.4, 0.5) is 0 Å². The van der Waals surface area contributed by atoms with Crippen LogP contribution in [-0.4, -0.2) is 15.3 Å². The molecule has 2 rings (SSSR count). The fraction of sp³-hybridized carbons (Fsp3) is 0.200. The highest BCUT2D eigenvalue weighted by Crippen LogP contribution is 2.19. The molecule has 4 nitrogen and oxygen atoms in total. The molecule has 0 radical (unpaired) electrons. The van der Waals surface area contributed by atoms with E-state index in [0.29, 0.717) is 11.3 Å². The molecular weight excluding hydrogens is 216 g/mol. The third-order valence-corrected chi connectivity index (χ3v) is 2.39. The number of carbonyl (C=O) groups excluding carboxylic acids is 1. The van der Waals surface area contributed by atoms with Crippen molar-refractivity contribution in [3.05, 3.63) is 41.3 Å². The first kappa shape index (κ1) is 9.98. The van der Waals surface area contributed by atoms with Crippen molar-refractivity contribution in [2.75, 3.05) is 0 Å². The lowest BCUT2D eigenvalue weighted by atomic mass is 10.2. The number of halogens is 1. The van der Waals surface area contributed by atoms with Gasteiger partial charge in [0.25, 0.3) is 0 Å². The first-order valence-corrected chi connectivity index (χ1v) is 4.89. The quantitative estimate of drug-likeness (QED) is 0.752. The van der Waals surface area contributed by atoms with Crippen LogP contribution in [0.5, 0.6) is 0 Å². The van der Waals surface area contributed by atoms with E-state index in [1.807, 2.05) is 11.5 Å². The van der Waals surface area contributed by atoms with Crippen LogP contribution in [0.15, 0.2) is 29.3 Å². The molecule has 0 bridgehead atoms. The second kappa shape index (κ2) is 3.90. The fourth-order valence-electron chi connectivity index (χ4n) is 1.24. The number of nitrogens with zero attached hydrogens (tertiary/aromatic N) is 2. The average molecular weight is 225 g/mol. The molecule has 0 N–H and O–H groups in total. The summed E-state index contributed by atoms with van der Waals surface area (Å²) in [5.41, 5.74) is 0.721. The maximum atomic E-state index is 11.8. The van der Waals surface area contributed by atoms with Crippen molar-refractivity contribution in [1.29, 1.82) is 0 Å². The van der Waals surface area contributed by atoms with Gasteiger partial charge in [0.05, 0.1) is 18.2 Å². The number of aromatic nitrogens is 2. The highest BCUT2D eigenvalue weighted by molar-refractivity contribution is 6.33. The Balaban J connectivity index is 2.32. The minimum Gasteiger partial charge on any atom is -0.452 e. The molecule has 0 aliphatic rings. The Hall–Kier alpha value is -1.55. The summed E-state index contributed by atoms with van der Waals surface area (Å²) < 4.78 is 6.67. The maximum absolute atomic E-state index is 11.8. The van der Waals surface area contributed by atoms with Crippen molar-refractivity contribution in [3.63, 3.8) is 0 Å². The average Bonchev–Trinajstić information content (AvgIpc) is 2.84. The molecule has 0 aliphatic heterocycles. The van der Waals surface area contributed by atoms with E-state index in [1.165, 1.54) is 12.3 Å². The van der Waals surface area contributed by atoms with Crippen molar-refractivity contribution < 1.29 is 9.21 Å². The molecule has 15 heavy (non-hydrogen) atoms. The van der Waals surface area contributed by atoms with Gasteiger partial charge in [-0.15, -0.1) is 0 Å². The molecule has 78 valence electrons. The highest BCUT2D eigenvalue weighted by Gasteiger charge is 2.17. The van der Waals surface area contributed by atoms with Crippen molar-refractivity contribution in [2.24, 2.45) is 0 Å². The molecule has 0 unspecified atom stereocenters. The maximum Gasteiger partial charge on any atom is 0.217 e. The van der Waals surface area contributed by atoms with Gasteiger partial charge in [-0.25, -0.2) is 4.98 Å². The summed E-state index contributed by atoms with van der Waals surface area (Å²) in [6.07, 6.45) is 4.68. The smallest absolute Gasteiger partial charge is 0.217 e. The van der Waals surface area contributed by atoms with Crippen LogP contribution in [0.2, 0.25) is 5.22 Å². The van der Waals surface area contributed by atoms with Crippen LogP contribution in [-0.2, 0) is 6.54 Å². The molecule has 0 saturated carbocycles. The zero-order chi connectivity index (χ0) is 10.8. The van der Waals surface area contributed by atoms with Crippen molar-refractivity contribution >= 4 is 17.4 Å². The lowest BCUT2D eigenvalue weighted by Crippen LogP contribution is -2.00.